The average molecular weight is 467 g/mol. The number of aryl methyl sites for hydroxylation is 1. The summed E-state index contributed by atoms with van der Waals surface area (Å²) < 4.78 is 0. The predicted molar refractivity (Wildman–Crippen MR) is 130 cm³/mol. The van der Waals surface area contributed by atoms with E-state index in [1.54, 1.807) is 11.3 Å². The summed E-state index contributed by atoms with van der Waals surface area (Å²) in [4.78, 5) is 28.1. The van der Waals surface area contributed by atoms with Crippen LogP contribution in [0.3, 0.4) is 0 Å². The van der Waals surface area contributed by atoms with Crippen LogP contribution in [-0.4, -0.2) is 80.1 Å². The second kappa shape index (κ2) is 7.75. The van der Waals surface area contributed by atoms with E-state index >= 15 is 0 Å². The Morgan fingerprint density at radius 2 is 2.18 bits per heavy atom. The Labute approximate surface area is 197 Å². The minimum atomic E-state index is -0.199. The Kier molecular flexibility index (Phi) is 4.93. The number of anilines is 3. The smallest absolute Gasteiger partial charge is 0.226 e. The highest BCUT2D eigenvalue weighted by Crippen LogP contribution is 2.54. The molecule has 0 aromatic carbocycles. The Balaban J connectivity index is 1.19. The molecule has 3 aliphatic heterocycles. The average Bonchev–Trinajstić information content (AvgIpc) is 3.44. The lowest BCUT2D eigenvalue weighted by Gasteiger charge is -2.59. The third-order valence-electron chi connectivity index (χ3n) is 7.45. The number of H-pyrrole nitrogens is 1. The number of carbonyl (C=O) groups is 1. The minimum Gasteiger partial charge on any atom is -0.351 e. The number of Topliss-reactive ketones (excluding diaryl/α,β-unsaturated/α-hetero) is 1. The summed E-state index contributed by atoms with van der Waals surface area (Å²) in [5, 5.41) is 17.3. The lowest BCUT2D eigenvalue weighted by Crippen LogP contribution is -2.72. The van der Waals surface area contributed by atoms with E-state index in [4.69, 9.17) is 9.97 Å². The summed E-state index contributed by atoms with van der Waals surface area (Å²) in [6, 6.07) is 5.26. The first-order chi connectivity index (χ1) is 15.9. The molecule has 9 nitrogen and oxygen atoms in total. The molecule has 3 saturated heterocycles. The van der Waals surface area contributed by atoms with Gasteiger partial charge in [-0.1, -0.05) is 0 Å². The van der Waals surface area contributed by atoms with Crippen LogP contribution in [0.15, 0.2) is 17.5 Å². The first kappa shape index (κ1) is 21.0. The van der Waals surface area contributed by atoms with Gasteiger partial charge in [-0.15, -0.1) is 11.3 Å². The standard InChI is InChI=1S/C23H30N8OS/c1-13-8-19(29-28-13)25-20-17-5-7-33-21(17)27-22(26-20)24-14-9-15-4-6-23(18(32)12-30(2)3)11-16(10-14)31(15)23/h5,7-8,14-16H,4,6,9-12H2,1-3H3,(H3,24,25,26,27,28,29)/t14-,15-,16-,23?/m1/s1. The monoisotopic (exact) mass is 466 g/mol. The molecule has 3 aliphatic rings. The molecule has 1 unspecified atom stereocenters. The predicted octanol–water partition coefficient (Wildman–Crippen LogP) is 3.15. The van der Waals surface area contributed by atoms with Gasteiger partial charge in [-0.2, -0.15) is 10.1 Å². The number of nitrogens with one attached hydrogen (secondary N) is 3. The molecule has 3 aromatic heterocycles. The first-order valence-electron chi connectivity index (χ1n) is 11.7. The van der Waals surface area contributed by atoms with Crippen molar-refractivity contribution in [2.75, 3.05) is 31.3 Å². The summed E-state index contributed by atoms with van der Waals surface area (Å²) in [5.74, 6) is 2.57. The highest BCUT2D eigenvalue weighted by molar-refractivity contribution is 7.16. The van der Waals surface area contributed by atoms with Gasteiger partial charge < -0.3 is 15.5 Å². The van der Waals surface area contributed by atoms with Crippen LogP contribution in [0.25, 0.3) is 10.2 Å². The molecule has 0 saturated carbocycles. The lowest BCUT2D eigenvalue weighted by atomic mass is 9.71. The minimum absolute atomic E-state index is 0.199. The van der Waals surface area contributed by atoms with Gasteiger partial charge in [0.1, 0.15) is 10.6 Å². The van der Waals surface area contributed by atoms with Crippen molar-refractivity contribution in [1.82, 2.24) is 30.0 Å². The molecule has 10 heteroatoms. The number of carbonyl (C=O) groups excluding carboxylic acids is 1. The number of rotatable bonds is 7. The zero-order valence-corrected chi connectivity index (χ0v) is 20.1. The molecular formula is C23H30N8OS. The SMILES string of the molecule is Cc1cc(Nc2nc(N[C@@H]3C[C@H]4CCC5(C(=O)CN(C)C)C[C@@H](C3)N45)nc3sccc23)n[nH]1. The number of aromatic amines is 1. The molecule has 0 bridgehead atoms. The number of nitrogens with zero attached hydrogens (tertiary/aromatic N) is 5. The number of hydrogen-bond acceptors (Lipinski definition) is 9. The quantitative estimate of drug-likeness (QED) is 0.488. The molecule has 0 amide bonds. The van der Waals surface area contributed by atoms with E-state index in [0.29, 0.717) is 36.4 Å². The van der Waals surface area contributed by atoms with Crippen molar-refractivity contribution in [3.63, 3.8) is 0 Å². The van der Waals surface area contributed by atoms with Crippen LogP contribution >= 0.6 is 11.3 Å². The van der Waals surface area contributed by atoms with E-state index in [0.717, 1.165) is 59.7 Å². The summed E-state index contributed by atoms with van der Waals surface area (Å²) in [7, 11) is 3.96. The van der Waals surface area contributed by atoms with Crippen molar-refractivity contribution in [2.45, 2.75) is 62.7 Å². The third-order valence-corrected chi connectivity index (χ3v) is 8.25. The Bertz CT molecular complexity index is 1200. The van der Waals surface area contributed by atoms with Gasteiger partial charge in [0.25, 0.3) is 0 Å². The molecule has 3 N–H and O–H groups in total. The number of hydrogen-bond donors (Lipinski definition) is 3. The van der Waals surface area contributed by atoms with Crippen molar-refractivity contribution < 1.29 is 4.79 Å². The molecule has 33 heavy (non-hydrogen) atoms. The fourth-order valence-corrected chi connectivity index (χ4v) is 6.95. The molecule has 6 heterocycles. The van der Waals surface area contributed by atoms with Gasteiger partial charge in [0, 0.05) is 29.9 Å². The molecule has 3 aromatic rings. The van der Waals surface area contributed by atoms with Crippen LogP contribution in [-0.2, 0) is 4.79 Å². The van der Waals surface area contributed by atoms with Gasteiger partial charge in [-0.25, -0.2) is 4.98 Å². The summed E-state index contributed by atoms with van der Waals surface area (Å²) in [5.41, 5.74) is 0.797. The van der Waals surface area contributed by atoms with Crippen molar-refractivity contribution in [1.29, 1.82) is 0 Å². The van der Waals surface area contributed by atoms with E-state index in [1.807, 2.05) is 43.4 Å². The Morgan fingerprint density at radius 3 is 2.97 bits per heavy atom. The largest absolute Gasteiger partial charge is 0.351 e. The summed E-state index contributed by atoms with van der Waals surface area (Å²) in [6.07, 6.45) is 5.15. The molecule has 174 valence electrons. The second-order valence-corrected chi connectivity index (χ2v) is 11.0. The molecule has 4 atom stereocenters. The third kappa shape index (κ3) is 3.51. The molecule has 6 rings (SSSR count). The van der Waals surface area contributed by atoms with Crippen molar-refractivity contribution >= 4 is 44.9 Å². The zero-order valence-electron chi connectivity index (χ0n) is 19.3. The number of fused-ring (bicyclic) bond motifs is 1. The molecule has 0 radical (unpaired) electrons. The van der Waals surface area contributed by atoms with Gasteiger partial charge in [-0.3, -0.25) is 14.8 Å². The van der Waals surface area contributed by atoms with Crippen LogP contribution in [0, 0.1) is 6.92 Å². The Hall–Kier alpha value is -2.56. The van der Waals surface area contributed by atoms with Crippen molar-refractivity contribution in [2.24, 2.45) is 0 Å². The van der Waals surface area contributed by atoms with Crippen LogP contribution in [0.4, 0.5) is 17.6 Å². The number of thiophene rings is 1. The molecule has 0 spiro atoms. The van der Waals surface area contributed by atoms with Gasteiger partial charge in [0.2, 0.25) is 5.95 Å². The fourth-order valence-electron chi connectivity index (χ4n) is 6.19. The van der Waals surface area contributed by atoms with E-state index in [2.05, 4.69) is 25.7 Å². The molecule has 0 aliphatic carbocycles. The molecule has 3 fully saturated rings. The first-order valence-corrected chi connectivity index (χ1v) is 12.6. The fraction of sp³-hybridized carbons (Fsp3) is 0.565. The summed E-state index contributed by atoms with van der Waals surface area (Å²) >= 11 is 1.62. The van der Waals surface area contributed by atoms with E-state index in [1.165, 1.54) is 0 Å². The van der Waals surface area contributed by atoms with E-state index < -0.39 is 0 Å². The maximum absolute atomic E-state index is 13.0. The lowest BCUT2D eigenvalue weighted by molar-refractivity contribution is -0.152. The summed E-state index contributed by atoms with van der Waals surface area (Å²) in [6.45, 7) is 2.52. The van der Waals surface area contributed by atoms with Crippen LogP contribution < -0.4 is 10.6 Å². The maximum Gasteiger partial charge on any atom is 0.226 e. The number of likely N-dealkylation sites (N-methyl/N-ethyl adjacent to an activating group) is 1. The van der Waals surface area contributed by atoms with Crippen LogP contribution in [0.2, 0.25) is 0 Å². The van der Waals surface area contributed by atoms with Crippen molar-refractivity contribution in [3.05, 3.63) is 23.2 Å². The highest BCUT2D eigenvalue weighted by Gasteiger charge is 2.63. The van der Waals surface area contributed by atoms with Gasteiger partial charge in [-0.05, 0) is 64.6 Å². The normalized spacial score (nSPS) is 28.7. The maximum atomic E-state index is 13.0. The van der Waals surface area contributed by atoms with E-state index in [9.17, 15) is 4.79 Å². The van der Waals surface area contributed by atoms with Gasteiger partial charge >= 0.3 is 0 Å². The zero-order chi connectivity index (χ0) is 22.7. The topological polar surface area (TPSA) is 102 Å². The van der Waals surface area contributed by atoms with Crippen molar-refractivity contribution in [3.8, 4) is 0 Å². The highest BCUT2D eigenvalue weighted by atomic mass is 32.1. The van der Waals surface area contributed by atoms with Crippen LogP contribution in [0.1, 0.15) is 37.8 Å². The number of aromatic nitrogens is 4. The molecular weight excluding hydrogens is 436 g/mol. The Morgan fingerprint density at radius 1 is 1.33 bits per heavy atom. The van der Waals surface area contributed by atoms with Crippen LogP contribution in [0.5, 0.6) is 0 Å². The number of piperidine rings is 1. The van der Waals surface area contributed by atoms with E-state index in [-0.39, 0.29) is 5.54 Å². The van der Waals surface area contributed by atoms with Gasteiger partial charge in [0.05, 0.1) is 17.5 Å². The number of ketones is 1. The second-order valence-electron chi connectivity index (χ2n) is 10.1. The van der Waals surface area contributed by atoms with Gasteiger partial charge in [0.15, 0.2) is 11.6 Å².